The van der Waals surface area contributed by atoms with Gasteiger partial charge in [0.15, 0.2) is 0 Å². The fraction of sp³-hybridized carbons (Fsp3) is 0.0909. The maximum absolute atomic E-state index is 13.1. The van der Waals surface area contributed by atoms with Crippen LogP contribution in [0.4, 0.5) is 14.9 Å². The molecule has 7 heteroatoms. The van der Waals surface area contributed by atoms with E-state index in [1.54, 1.807) is 0 Å². The molecule has 5 nitrogen and oxygen atoms in total. The van der Waals surface area contributed by atoms with Crippen LogP contribution < -0.4 is 5.32 Å². The molecule has 18 heavy (non-hydrogen) atoms. The molecule has 2 N–H and O–H groups in total. The Morgan fingerprint density at radius 2 is 2.22 bits per heavy atom. The molecule has 0 radical (unpaired) electrons. The van der Waals surface area contributed by atoms with Crippen molar-refractivity contribution in [3.05, 3.63) is 41.2 Å². The van der Waals surface area contributed by atoms with Crippen molar-refractivity contribution in [1.82, 2.24) is 0 Å². The van der Waals surface area contributed by atoms with E-state index in [1.165, 1.54) is 6.08 Å². The number of halogens is 2. The van der Waals surface area contributed by atoms with Crippen LogP contribution in [-0.4, -0.2) is 23.8 Å². The molecular formula is C11H9ClFNO4. The summed E-state index contributed by atoms with van der Waals surface area (Å²) in [5.74, 6) is -2.16. The van der Waals surface area contributed by atoms with Gasteiger partial charge >= 0.3 is 12.1 Å². The first kappa shape index (κ1) is 14.0. The Kier molecular flexibility index (Phi) is 4.67. The average molecular weight is 274 g/mol. The van der Waals surface area contributed by atoms with Crippen molar-refractivity contribution in [3.63, 3.8) is 0 Å². The summed E-state index contributed by atoms with van der Waals surface area (Å²) in [6.07, 6.45) is 0.398. The zero-order valence-corrected chi connectivity index (χ0v) is 9.83. The van der Waals surface area contributed by atoms with Crippen LogP contribution in [-0.2, 0) is 4.74 Å². The van der Waals surface area contributed by atoms with Gasteiger partial charge in [-0.05, 0) is 12.1 Å². The molecule has 0 aliphatic carbocycles. The molecule has 1 aromatic rings. The Hall–Kier alpha value is -2.08. The van der Waals surface area contributed by atoms with Gasteiger partial charge in [0.25, 0.3) is 0 Å². The molecule has 0 saturated carbocycles. The van der Waals surface area contributed by atoms with Crippen molar-refractivity contribution < 1.29 is 23.8 Å². The van der Waals surface area contributed by atoms with Gasteiger partial charge in [-0.15, -0.1) is 0 Å². The molecule has 0 aliphatic heterocycles. The number of carbonyl (C=O) groups is 2. The van der Waals surface area contributed by atoms with Gasteiger partial charge in [-0.25, -0.2) is 14.0 Å². The highest BCUT2D eigenvalue weighted by atomic mass is 35.5. The highest BCUT2D eigenvalue weighted by Crippen LogP contribution is 2.26. The van der Waals surface area contributed by atoms with Gasteiger partial charge in [-0.3, -0.25) is 5.32 Å². The SMILES string of the molecule is C=CCOC(=O)Nc1cc(F)cc(Cl)c1C(=O)O. The molecule has 1 aromatic carbocycles. The minimum atomic E-state index is -1.39. The molecule has 0 aromatic heterocycles. The summed E-state index contributed by atoms with van der Waals surface area (Å²) in [6, 6.07) is 1.68. The first-order valence-corrected chi connectivity index (χ1v) is 5.10. The zero-order valence-electron chi connectivity index (χ0n) is 9.07. The van der Waals surface area contributed by atoms with E-state index < -0.39 is 23.4 Å². The maximum Gasteiger partial charge on any atom is 0.411 e. The number of amides is 1. The number of benzene rings is 1. The van der Waals surface area contributed by atoms with E-state index in [0.29, 0.717) is 0 Å². The summed E-state index contributed by atoms with van der Waals surface area (Å²) in [5.41, 5.74) is -0.685. The lowest BCUT2D eigenvalue weighted by Crippen LogP contribution is -2.16. The molecule has 0 saturated heterocycles. The molecule has 0 unspecified atom stereocenters. The predicted molar refractivity (Wildman–Crippen MR) is 63.5 cm³/mol. The van der Waals surface area contributed by atoms with Crippen LogP contribution in [0.25, 0.3) is 0 Å². The van der Waals surface area contributed by atoms with Gasteiger partial charge in [0.2, 0.25) is 0 Å². The zero-order chi connectivity index (χ0) is 13.7. The summed E-state index contributed by atoms with van der Waals surface area (Å²) < 4.78 is 17.7. The number of nitrogens with one attached hydrogen (secondary N) is 1. The monoisotopic (exact) mass is 273 g/mol. The van der Waals surface area contributed by atoms with Gasteiger partial charge in [-0.2, -0.15) is 0 Å². The van der Waals surface area contributed by atoms with Gasteiger partial charge in [0.05, 0.1) is 10.7 Å². The molecule has 1 amide bonds. The Labute approximate surface area is 107 Å². The van der Waals surface area contributed by atoms with E-state index >= 15 is 0 Å². The predicted octanol–water partition coefficient (Wildman–Crippen LogP) is 2.91. The fourth-order valence-corrected chi connectivity index (χ4v) is 1.46. The van der Waals surface area contributed by atoms with Crippen molar-refractivity contribution in [2.24, 2.45) is 0 Å². The van der Waals surface area contributed by atoms with Crippen LogP contribution >= 0.6 is 11.6 Å². The fourth-order valence-electron chi connectivity index (χ4n) is 1.17. The first-order chi connectivity index (χ1) is 8.45. The van der Waals surface area contributed by atoms with Gasteiger partial charge < -0.3 is 9.84 Å². The van der Waals surface area contributed by atoms with Crippen LogP contribution in [0.3, 0.4) is 0 Å². The normalized spacial score (nSPS) is 9.67. The largest absolute Gasteiger partial charge is 0.478 e. The molecule has 96 valence electrons. The first-order valence-electron chi connectivity index (χ1n) is 4.72. The molecule has 0 bridgehead atoms. The second kappa shape index (κ2) is 6.02. The summed E-state index contributed by atoms with van der Waals surface area (Å²) in [7, 11) is 0. The van der Waals surface area contributed by atoms with Crippen LogP contribution in [0, 0.1) is 5.82 Å². The second-order valence-corrected chi connectivity index (χ2v) is 3.53. The highest BCUT2D eigenvalue weighted by molar-refractivity contribution is 6.34. The van der Waals surface area contributed by atoms with Gasteiger partial charge in [0, 0.05) is 0 Å². The lowest BCUT2D eigenvalue weighted by molar-refractivity contribution is 0.0698. The Morgan fingerprint density at radius 1 is 1.56 bits per heavy atom. The summed E-state index contributed by atoms with van der Waals surface area (Å²) in [6.45, 7) is 3.28. The van der Waals surface area contributed by atoms with Crippen molar-refractivity contribution in [2.75, 3.05) is 11.9 Å². The number of aromatic carboxylic acids is 1. The van der Waals surface area contributed by atoms with Crippen molar-refractivity contribution in [2.45, 2.75) is 0 Å². The van der Waals surface area contributed by atoms with Gasteiger partial charge in [0.1, 0.15) is 18.0 Å². The topological polar surface area (TPSA) is 75.6 Å². The van der Waals surface area contributed by atoms with E-state index in [0.717, 1.165) is 12.1 Å². The third kappa shape index (κ3) is 3.46. The number of carboxylic acid groups (broad SMARTS) is 1. The van der Waals surface area contributed by atoms with Crippen molar-refractivity contribution >= 4 is 29.4 Å². The van der Waals surface area contributed by atoms with E-state index in [-0.39, 0.29) is 17.3 Å². The molecule has 0 fully saturated rings. The Morgan fingerprint density at radius 3 is 2.78 bits per heavy atom. The molecular weight excluding hydrogens is 265 g/mol. The van der Waals surface area contributed by atoms with E-state index in [4.69, 9.17) is 16.7 Å². The minimum Gasteiger partial charge on any atom is -0.478 e. The molecule has 0 spiro atoms. The average Bonchev–Trinajstić information content (AvgIpc) is 2.24. The van der Waals surface area contributed by atoms with E-state index in [1.807, 2.05) is 0 Å². The number of carboxylic acids is 1. The number of rotatable bonds is 4. The number of hydrogen-bond donors (Lipinski definition) is 2. The molecule has 0 heterocycles. The van der Waals surface area contributed by atoms with Crippen LogP contribution in [0.2, 0.25) is 5.02 Å². The summed E-state index contributed by atoms with van der Waals surface area (Å²) >= 11 is 5.59. The number of ether oxygens (including phenoxy) is 1. The van der Waals surface area contributed by atoms with Crippen molar-refractivity contribution in [1.29, 1.82) is 0 Å². The Balaban J connectivity index is 3.03. The number of hydrogen-bond acceptors (Lipinski definition) is 3. The lowest BCUT2D eigenvalue weighted by atomic mass is 10.1. The highest BCUT2D eigenvalue weighted by Gasteiger charge is 2.18. The number of carbonyl (C=O) groups excluding carboxylic acids is 1. The second-order valence-electron chi connectivity index (χ2n) is 3.13. The van der Waals surface area contributed by atoms with Crippen LogP contribution in [0.15, 0.2) is 24.8 Å². The summed E-state index contributed by atoms with van der Waals surface area (Å²) in [4.78, 5) is 22.2. The quantitative estimate of drug-likeness (QED) is 0.827. The smallest absolute Gasteiger partial charge is 0.411 e. The van der Waals surface area contributed by atoms with Crippen LogP contribution in [0.5, 0.6) is 0 Å². The Bertz CT molecular complexity index is 504. The summed E-state index contributed by atoms with van der Waals surface area (Å²) in [5, 5.41) is 10.7. The van der Waals surface area contributed by atoms with Gasteiger partial charge in [-0.1, -0.05) is 24.3 Å². The molecule has 0 aliphatic rings. The standard InChI is InChI=1S/C11H9ClFNO4/c1-2-3-18-11(17)14-8-5-6(13)4-7(12)9(8)10(15)16/h2,4-5H,1,3H2,(H,14,17)(H,15,16). The third-order valence-corrected chi connectivity index (χ3v) is 2.14. The van der Waals surface area contributed by atoms with Crippen molar-refractivity contribution in [3.8, 4) is 0 Å². The number of anilines is 1. The van der Waals surface area contributed by atoms with E-state index in [2.05, 4.69) is 16.6 Å². The van der Waals surface area contributed by atoms with Crippen LogP contribution in [0.1, 0.15) is 10.4 Å². The molecule has 0 atom stereocenters. The third-order valence-electron chi connectivity index (χ3n) is 1.84. The van der Waals surface area contributed by atoms with E-state index in [9.17, 15) is 14.0 Å². The molecule has 1 rings (SSSR count). The maximum atomic E-state index is 13.1. The lowest BCUT2D eigenvalue weighted by Gasteiger charge is -2.09. The minimum absolute atomic E-state index is 0.0582.